The molecule has 0 bridgehead atoms. The van der Waals surface area contributed by atoms with E-state index in [0.29, 0.717) is 6.42 Å². The van der Waals surface area contributed by atoms with Crippen molar-refractivity contribution >= 4 is 19.8 Å². The zero-order chi connectivity index (χ0) is 29.7. The number of esters is 2. The Morgan fingerprint density at radius 2 is 1.07 bits per heavy atom. The van der Waals surface area contributed by atoms with Gasteiger partial charge in [0.25, 0.3) is 0 Å². The molecule has 0 aliphatic rings. The van der Waals surface area contributed by atoms with E-state index in [1.807, 2.05) is 0 Å². The minimum absolute atomic E-state index is 0.0571. The fourth-order valence-corrected chi connectivity index (χ4v) is 5.10. The smallest absolute Gasteiger partial charge is 0.462 e. The molecule has 3 N–H and O–H groups in total. The van der Waals surface area contributed by atoms with Crippen molar-refractivity contribution in [2.24, 2.45) is 5.73 Å². The van der Waals surface area contributed by atoms with Crippen LogP contribution in [0.2, 0.25) is 0 Å². The summed E-state index contributed by atoms with van der Waals surface area (Å²) in [7, 11) is -4.35. The third-order valence-corrected chi connectivity index (χ3v) is 7.73. The summed E-state index contributed by atoms with van der Waals surface area (Å²) in [5, 5.41) is 0. The maximum absolute atomic E-state index is 12.3. The first-order valence-electron chi connectivity index (χ1n) is 16.0. The third kappa shape index (κ3) is 27.2. The summed E-state index contributed by atoms with van der Waals surface area (Å²) in [5.74, 6) is -0.832. The highest BCUT2D eigenvalue weighted by atomic mass is 31.2. The van der Waals surface area contributed by atoms with Crippen LogP contribution in [0.15, 0.2) is 0 Å². The molecule has 1 unspecified atom stereocenters. The summed E-state index contributed by atoms with van der Waals surface area (Å²) in [6, 6.07) is 0. The number of nitrogens with two attached hydrogens (primary N) is 1. The van der Waals surface area contributed by atoms with Crippen LogP contribution in [0.3, 0.4) is 0 Å². The molecule has 0 heterocycles. The number of phosphoric acid groups is 1. The molecule has 0 saturated carbocycles. The molecule has 0 saturated heterocycles. The molecule has 0 aromatic heterocycles. The lowest BCUT2D eigenvalue weighted by Gasteiger charge is -2.19. The molecular weight excluding hydrogens is 533 g/mol. The minimum Gasteiger partial charge on any atom is -0.462 e. The Balaban J connectivity index is 4.25. The van der Waals surface area contributed by atoms with Gasteiger partial charge in [-0.05, 0) is 12.8 Å². The van der Waals surface area contributed by atoms with Gasteiger partial charge in [-0.3, -0.25) is 18.6 Å². The lowest BCUT2D eigenvalue weighted by Crippen LogP contribution is -2.29. The van der Waals surface area contributed by atoms with Crippen molar-refractivity contribution in [2.45, 2.75) is 155 Å². The quantitative estimate of drug-likeness (QED) is 0.0486. The van der Waals surface area contributed by atoms with Gasteiger partial charge in [0.1, 0.15) is 6.61 Å². The topological polar surface area (TPSA) is 134 Å². The number of hydrogen-bond donors (Lipinski definition) is 2. The lowest BCUT2D eigenvalue weighted by molar-refractivity contribution is -0.161. The first kappa shape index (κ1) is 39.0. The second kappa shape index (κ2) is 28.1. The van der Waals surface area contributed by atoms with E-state index in [9.17, 15) is 19.0 Å². The number of rotatable bonds is 30. The van der Waals surface area contributed by atoms with Crippen molar-refractivity contribution in [2.75, 3.05) is 26.4 Å². The van der Waals surface area contributed by atoms with E-state index in [-0.39, 0.29) is 38.6 Å². The fourth-order valence-electron chi connectivity index (χ4n) is 4.34. The van der Waals surface area contributed by atoms with Gasteiger partial charge in [0.2, 0.25) is 0 Å². The van der Waals surface area contributed by atoms with Crippen LogP contribution in [-0.4, -0.2) is 49.3 Å². The van der Waals surface area contributed by atoms with Crippen LogP contribution in [-0.2, 0) is 32.7 Å². The lowest BCUT2D eigenvalue weighted by atomic mass is 10.0. The van der Waals surface area contributed by atoms with E-state index < -0.39 is 26.5 Å². The highest BCUT2D eigenvalue weighted by Crippen LogP contribution is 2.43. The summed E-state index contributed by atoms with van der Waals surface area (Å²) in [6.45, 7) is 3.66. The molecule has 0 radical (unpaired) electrons. The van der Waals surface area contributed by atoms with Gasteiger partial charge in [-0.25, -0.2) is 4.57 Å². The molecule has 40 heavy (non-hydrogen) atoms. The monoisotopic (exact) mass is 593 g/mol. The first-order valence-corrected chi connectivity index (χ1v) is 17.5. The zero-order valence-electron chi connectivity index (χ0n) is 25.6. The van der Waals surface area contributed by atoms with Crippen LogP contribution in [0.4, 0.5) is 0 Å². The predicted octanol–water partition coefficient (Wildman–Crippen LogP) is 7.77. The zero-order valence-corrected chi connectivity index (χ0v) is 26.5. The molecule has 0 aliphatic carbocycles. The van der Waals surface area contributed by atoms with Crippen molar-refractivity contribution < 1.29 is 37.6 Å². The Morgan fingerprint density at radius 3 is 1.52 bits per heavy atom. The second-order valence-corrected chi connectivity index (χ2v) is 12.1. The van der Waals surface area contributed by atoms with Gasteiger partial charge < -0.3 is 20.1 Å². The van der Waals surface area contributed by atoms with Gasteiger partial charge in [-0.15, -0.1) is 0 Å². The van der Waals surface area contributed by atoms with Crippen molar-refractivity contribution in [1.82, 2.24) is 0 Å². The number of unbranched alkanes of at least 4 members (excludes halogenated alkanes) is 17. The summed E-state index contributed by atoms with van der Waals surface area (Å²) < 4.78 is 32.4. The van der Waals surface area contributed by atoms with E-state index in [0.717, 1.165) is 38.5 Å². The minimum atomic E-state index is -4.35. The van der Waals surface area contributed by atoms with Crippen molar-refractivity contribution in [3.63, 3.8) is 0 Å². The maximum atomic E-state index is 12.3. The van der Waals surface area contributed by atoms with Crippen LogP contribution in [0, 0.1) is 0 Å². The number of ether oxygens (including phenoxy) is 2. The normalized spacial score (nSPS) is 13.6. The van der Waals surface area contributed by atoms with Crippen molar-refractivity contribution in [3.05, 3.63) is 0 Å². The van der Waals surface area contributed by atoms with Gasteiger partial charge in [-0.2, -0.15) is 0 Å². The number of carbonyl (C=O) groups excluding carboxylic acids is 2. The van der Waals surface area contributed by atoms with Crippen LogP contribution < -0.4 is 5.73 Å². The SMILES string of the molecule is CCCCCCCCCCCCCCC(=O)OC[C@H](COP(=O)(O)OCCN)OC(=O)CCCCCCCCC. The molecule has 0 rings (SSSR count). The van der Waals surface area contributed by atoms with Gasteiger partial charge >= 0.3 is 19.8 Å². The van der Waals surface area contributed by atoms with E-state index in [2.05, 4.69) is 13.8 Å². The number of hydrogen-bond acceptors (Lipinski definition) is 8. The fraction of sp³-hybridized carbons (Fsp3) is 0.933. The van der Waals surface area contributed by atoms with Gasteiger partial charge in [-0.1, -0.05) is 123 Å². The van der Waals surface area contributed by atoms with E-state index >= 15 is 0 Å². The van der Waals surface area contributed by atoms with Gasteiger partial charge in [0.05, 0.1) is 13.2 Å². The molecule has 0 aromatic rings. The van der Waals surface area contributed by atoms with Crippen LogP contribution in [0.25, 0.3) is 0 Å². The van der Waals surface area contributed by atoms with E-state index in [4.69, 9.17) is 24.3 Å². The van der Waals surface area contributed by atoms with Gasteiger partial charge in [0.15, 0.2) is 6.10 Å². The maximum Gasteiger partial charge on any atom is 0.472 e. The molecular formula is C30H60NO8P. The van der Waals surface area contributed by atoms with Crippen LogP contribution in [0.5, 0.6) is 0 Å². The summed E-state index contributed by atoms with van der Waals surface area (Å²) in [6.07, 6.45) is 21.5. The van der Waals surface area contributed by atoms with Crippen molar-refractivity contribution in [3.8, 4) is 0 Å². The number of phosphoric ester groups is 1. The summed E-state index contributed by atoms with van der Waals surface area (Å²) in [4.78, 5) is 34.3. The molecule has 0 fully saturated rings. The highest BCUT2D eigenvalue weighted by Gasteiger charge is 2.25. The van der Waals surface area contributed by atoms with E-state index in [1.165, 1.54) is 77.0 Å². The summed E-state index contributed by atoms with van der Waals surface area (Å²) in [5.41, 5.74) is 5.30. The van der Waals surface area contributed by atoms with E-state index in [1.54, 1.807) is 0 Å². The van der Waals surface area contributed by atoms with Crippen LogP contribution >= 0.6 is 7.82 Å². The predicted molar refractivity (Wildman–Crippen MR) is 160 cm³/mol. The molecule has 9 nitrogen and oxygen atoms in total. The molecule has 0 spiro atoms. The Bertz CT molecular complexity index is 649. The Labute approximate surface area is 244 Å². The molecule has 10 heteroatoms. The summed E-state index contributed by atoms with van der Waals surface area (Å²) >= 11 is 0. The molecule has 2 atom stereocenters. The van der Waals surface area contributed by atoms with Gasteiger partial charge in [0, 0.05) is 19.4 Å². The Hall–Kier alpha value is -0.990. The first-order chi connectivity index (χ1) is 19.3. The second-order valence-electron chi connectivity index (χ2n) is 10.7. The average molecular weight is 594 g/mol. The standard InChI is InChI=1S/C30H60NO8P/c1-3-5-7-9-11-12-13-14-15-17-18-20-22-29(32)36-26-28(27-38-40(34,35)37-25-24-31)39-30(33)23-21-19-16-10-8-6-4-2/h28H,3-27,31H2,1-2H3,(H,34,35)/t28-/m1/s1. The highest BCUT2D eigenvalue weighted by molar-refractivity contribution is 7.47. The van der Waals surface area contributed by atoms with Crippen molar-refractivity contribution in [1.29, 1.82) is 0 Å². The van der Waals surface area contributed by atoms with Crippen LogP contribution in [0.1, 0.15) is 149 Å². The molecule has 0 aromatic carbocycles. The largest absolute Gasteiger partial charge is 0.472 e. The third-order valence-electron chi connectivity index (χ3n) is 6.74. The Morgan fingerprint density at radius 1 is 0.650 bits per heavy atom. The number of carbonyl (C=O) groups is 2. The molecule has 0 amide bonds. The average Bonchev–Trinajstić information content (AvgIpc) is 2.93. The molecule has 238 valence electrons. The Kier molecular flexibility index (Phi) is 27.4. The molecule has 0 aliphatic heterocycles.